The van der Waals surface area contributed by atoms with Gasteiger partial charge in [0.05, 0.1) is 17.4 Å². The number of sulfonamides is 1. The van der Waals surface area contributed by atoms with E-state index in [1.54, 1.807) is 0 Å². The summed E-state index contributed by atoms with van der Waals surface area (Å²) in [4.78, 5) is 11.2. The van der Waals surface area contributed by atoms with Crippen LogP contribution in [0.25, 0.3) is 0 Å². The highest BCUT2D eigenvalue weighted by atomic mass is 32.2. The summed E-state index contributed by atoms with van der Waals surface area (Å²) < 4.78 is 33.3. The molecule has 0 saturated carbocycles. The van der Waals surface area contributed by atoms with E-state index in [1.807, 2.05) is 0 Å². The minimum atomic E-state index is -3.83. The topological polar surface area (TPSA) is 105 Å². The molecular formula is C17H26N2O5S. The lowest BCUT2D eigenvalue weighted by Gasteiger charge is -2.16. The Balaban J connectivity index is 2.17. The van der Waals surface area contributed by atoms with Crippen molar-refractivity contribution in [1.82, 2.24) is 4.72 Å². The van der Waals surface area contributed by atoms with Crippen LogP contribution in [0.5, 0.6) is 0 Å². The highest BCUT2D eigenvalue weighted by Gasteiger charge is 2.23. The van der Waals surface area contributed by atoms with Crippen molar-refractivity contribution in [2.45, 2.75) is 50.0 Å². The van der Waals surface area contributed by atoms with Gasteiger partial charge in [-0.1, -0.05) is 19.8 Å². The van der Waals surface area contributed by atoms with Gasteiger partial charge in [0, 0.05) is 19.7 Å². The monoisotopic (exact) mass is 370 g/mol. The Bertz CT molecular complexity index is 684. The fraction of sp³-hybridized carbons (Fsp3) is 0.588. The Kier molecular flexibility index (Phi) is 7.22. The lowest BCUT2D eigenvalue weighted by atomic mass is 10.2. The number of nitrogens with one attached hydrogen (secondary N) is 2. The molecule has 2 rings (SSSR count). The average molecular weight is 370 g/mol. The van der Waals surface area contributed by atoms with Crippen LogP contribution in [-0.2, 0) is 14.8 Å². The molecule has 1 saturated heterocycles. The van der Waals surface area contributed by atoms with Gasteiger partial charge in [0.1, 0.15) is 4.90 Å². The molecule has 0 bridgehead atoms. The molecule has 1 aromatic carbocycles. The maximum Gasteiger partial charge on any atom is 0.335 e. The van der Waals surface area contributed by atoms with Crippen LogP contribution in [0.2, 0.25) is 0 Å². The summed E-state index contributed by atoms with van der Waals surface area (Å²) in [6, 6.07) is 4.11. The number of aromatic carboxylic acids is 1. The molecule has 0 spiro atoms. The maximum absolute atomic E-state index is 12.7. The molecule has 0 amide bonds. The van der Waals surface area contributed by atoms with Gasteiger partial charge in [-0.05, 0) is 37.5 Å². The molecule has 7 nitrogen and oxygen atoms in total. The van der Waals surface area contributed by atoms with Crippen LogP contribution in [0, 0.1) is 0 Å². The molecule has 25 heavy (non-hydrogen) atoms. The Labute approximate surface area is 148 Å². The molecule has 0 radical (unpaired) electrons. The lowest BCUT2D eigenvalue weighted by molar-refractivity contribution is 0.0696. The molecule has 1 fully saturated rings. The van der Waals surface area contributed by atoms with Crippen LogP contribution in [0.4, 0.5) is 5.69 Å². The van der Waals surface area contributed by atoms with E-state index >= 15 is 0 Å². The zero-order chi connectivity index (χ0) is 18.3. The Hall–Kier alpha value is -1.64. The molecule has 0 aromatic heterocycles. The molecule has 3 N–H and O–H groups in total. The van der Waals surface area contributed by atoms with Crippen LogP contribution in [0.3, 0.4) is 0 Å². The van der Waals surface area contributed by atoms with Gasteiger partial charge in [0.15, 0.2) is 0 Å². The van der Waals surface area contributed by atoms with Gasteiger partial charge in [-0.2, -0.15) is 0 Å². The normalized spacial score (nSPS) is 17.6. The molecule has 1 atom stereocenters. The van der Waals surface area contributed by atoms with Gasteiger partial charge in [-0.3, -0.25) is 0 Å². The van der Waals surface area contributed by atoms with Gasteiger partial charge in [0.25, 0.3) is 0 Å². The smallest absolute Gasteiger partial charge is 0.335 e. The predicted octanol–water partition coefficient (Wildman–Crippen LogP) is 2.44. The third-order valence-electron chi connectivity index (χ3n) is 4.14. The zero-order valence-corrected chi connectivity index (χ0v) is 15.3. The Morgan fingerprint density at radius 1 is 1.36 bits per heavy atom. The van der Waals surface area contributed by atoms with Crippen LogP contribution < -0.4 is 10.0 Å². The van der Waals surface area contributed by atoms with E-state index in [1.165, 1.54) is 18.2 Å². The number of carbonyl (C=O) groups is 1. The molecule has 1 aromatic rings. The van der Waals surface area contributed by atoms with E-state index in [2.05, 4.69) is 17.0 Å². The van der Waals surface area contributed by atoms with Gasteiger partial charge in [0.2, 0.25) is 10.0 Å². The summed E-state index contributed by atoms with van der Waals surface area (Å²) in [5.41, 5.74) is 0.359. The fourth-order valence-electron chi connectivity index (χ4n) is 2.71. The van der Waals surface area contributed by atoms with Gasteiger partial charge < -0.3 is 15.2 Å². The Morgan fingerprint density at radius 2 is 2.16 bits per heavy atom. The molecule has 1 heterocycles. The first kappa shape index (κ1) is 19.7. The highest BCUT2D eigenvalue weighted by molar-refractivity contribution is 7.89. The quantitative estimate of drug-likeness (QED) is 0.547. The van der Waals surface area contributed by atoms with Crippen LogP contribution in [0.1, 0.15) is 49.4 Å². The molecule has 1 unspecified atom stereocenters. The fourth-order valence-corrected chi connectivity index (χ4v) is 3.98. The largest absolute Gasteiger partial charge is 0.478 e. The number of ether oxygens (including phenoxy) is 1. The van der Waals surface area contributed by atoms with Crippen molar-refractivity contribution >= 4 is 21.7 Å². The van der Waals surface area contributed by atoms with Crippen LogP contribution in [-0.4, -0.2) is 45.3 Å². The first-order chi connectivity index (χ1) is 11.9. The predicted molar refractivity (Wildman–Crippen MR) is 95.6 cm³/mol. The van der Waals surface area contributed by atoms with Gasteiger partial charge in [-0.15, -0.1) is 0 Å². The lowest BCUT2D eigenvalue weighted by Crippen LogP contribution is -2.32. The summed E-state index contributed by atoms with van der Waals surface area (Å²) in [7, 11) is -3.83. The number of benzene rings is 1. The molecule has 1 aliphatic rings. The summed E-state index contributed by atoms with van der Waals surface area (Å²) >= 11 is 0. The SMILES string of the molecule is CCCCCNc1ccc(C(=O)O)cc1S(=O)(=O)NCC1CCCO1. The highest BCUT2D eigenvalue weighted by Crippen LogP contribution is 2.23. The van der Waals surface area contributed by atoms with E-state index in [9.17, 15) is 13.2 Å². The Morgan fingerprint density at radius 3 is 2.80 bits per heavy atom. The second-order valence-corrected chi connectivity index (χ2v) is 7.87. The van der Waals surface area contributed by atoms with Crippen molar-refractivity contribution in [1.29, 1.82) is 0 Å². The van der Waals surface area contributed by atoms with E-state index in [4.69, 9.17) is 9.84 Å². The van der Waals surface area contributed by atoms with Crippen molar-refractivity contribution in [3.05, 3.63) is 23.8 Å². The second kappa shape index (κ2) is 9.17. The third kappa shape index (κ3) is 5.69. The number of anilines is 1. The zero-order valence-electron chi connectivity index (χ0n) is 14.5. The third-order valence-corrected chi connectivity index (χ3v) is 5.60. The first-order valence-electron chi connectivity index (χ1n) is 8.66. The minimum Gasteiger partial charge on any atom is -0.478 e. The van der Waals surface area contributed by atoms with E-state index in [0.717, 1.165) is 32.1 Å². The van der Waals surface area contributed by atoms with Gasteiger partial charge in [-0.25, -0.2) is 17.9 Å². The summed E-state index contributed by atoms with van der Waals surface area (Å²) in [6.45, 7) is 3.56. The number of unbranched alkanes of at least 4 members (excludes halogenated alkanes) is 2. The number of carboxylic acids is 1. The van der Waals surface area contributed by atoms with Crippen molar-refractivity contribution in [3.63, 3.8) is 0 Å². The second-order valence-electron chi connectivity index (χ2n) is 6.14. The standard InChI is InChI=1S/C17H26N2O5S/c1-2-3-4-9-18-15-8-7-13(17(20)21)11-16(15)25(22,23)19-12-14-6-5-10-24-14/h7-8,11,14,18-19H,2-6,9-10,12H2,1H3,(H,20,21). The van der Waals surface area contributed by atoms with Gasteiger partial charge >= 0.3 is 5.97 Å². The van der Waals surface area contributed by atoms with E-state index < -0.39 is 16.0 Å². The van der Waals surface area contributed by atoms with Crippen LogP contribution in [0.15, 0.2) is 23.1 Å². The molecule has 140 valence electrons. The average Bonchev–Trinajstić information content (AvgIpc) is 3.10. The molecule has 0 aliphatic carbocycles. The van der Waals surface area contributed by atoms with Crippen molar-refractivity contribution in [2.75, 3.05) is 25.0 Å². The molecule has 1 aliphatic heterocycles. The summed E-state index contributed by atoms with van der Waals surface area (Å²) in [5, 5.41) is 12.3. The summed E-state index contributed by atoms with van der Waals surface area (Å²) in [6.07, 6.45) is 4.64. The van der Waals surface area contributed by atoms with Crippen LogP contribution >= 0.6 is 0 Å². The van der Waals surface area contributed by atoms with Crippen molar-refractivity contribution in [3.8, 4) is 0 Å². The number of hydrogen-bond acceptors (Lipinski definition) is 5. The minimum absolute atomic E-state index is 0.0399. The maximum atomic E-state index is 12.7. The van der Waals surface area contributed by atoms with E-state index in [0.29, 0.717) is 18.8 Å². The number of carboxylic acid groups (broad SMARTS) is 1. The van der Waals surface area contributed by atoms with Crippen molar-refractivity contribution < 1.29 is 23.1 Å². The van der Waals surface area contributed by atoms with Crippen molar-refractivity contribution in [2.24, 2.45) is 0 Å². The number of rotatable bonds is 10. The first-order valence-corrected chi connectivity index (χ1v) is 10.1. The molecular weight excluding hydrogens is 344 g/mol. The molecule has 8 heteroatoms. The summed E-state index contributed by atoms with van der Waals surface area (Å²) in [5.74, 6) is -1.16. The van der Waals surface area contributed by atoms with E-state index in [-0.39, 0.29) is 23.1 Å². The number of hydrogen-bond donors (Lipinski definition) is 3.